The average molecular weight is 313 g/mol. The van der Waals surface area contributed by atoms with Gasteiger partial charge in [-0.15, -0.1) is 10.2 Å². The molecule has 0 amide bonds. The molecule has 0 saturated carbocycles. The Bertz CT molecular complexity index is 778. The Hall–Kier alpha value is -3.02. The molecule has 0 aromatic carbocycles. The summed E-state index contributed by atoms with van der Waals surface area (Å²) in [5.74, 6) is 2.20. The van der Waals surface area contributed by atoms with Crippen molar-refractivity contribution >= 4 is 11.5 Å². The zero-order valence-electron chi connectivity index (χ0n) is 12.4. The van der Waals surface area contributed by atoms with Crippen LogP contribution in [0.1, 0.15) is 36.6 Å². The van der Waals surface area contributed by atoms with Crippen LogP contribution in [0, 0.1) is 21.4 Å². The van der Waals surface area contributed by atoms with E-state index in [0.29, 0.717) is 12.4 Å². The summed E-state index contributed by atoms with van der Waals surface area (Å²) >= 11 is 0. The Labute approximate surface area is 132 Å². The number of nitrogens with zero attached hydrogens (tertiary/aromatic N) is 6. The summed E-state index contributed by atoms with van der Waals surface area (Å²) in [4.78, 5) is 14.2. The Morgan fingerprint density at radius 2 is 2.22 bits per heavy atom. The smallest absolute Gasteiger partial charge is 0.305 e. The number of rotatable bonds is 4. The lowest BCUT2D eigenvalue weighted by molar-refractivity contribution is -0.385. The fourth-order valence-corrected chi connectivity index (χ4v) is 2.63. The second kappa shape index (κ2) is 6.39. The highest BCUT2D eigenvalue weighted by Crippen LogP contribution is 2.19. The van der Waals surface area contributed by atoms with Gasteiger partial charge in [0.1, 0.15) is 17.7 Å². The normalized spacial score (nSPS) is 13.7. The number of aryl methyl sites for hydroxylation is 1. The molecule has 3 heterocycles. The highest BCUT2D eigenvalue weighted by Gasteiger charge is 2.17. The monoisotopic (exact) mass is 313 g/mol. The summed E-state index contributed by atoms with van der Waals surface area (Å²) in [6, 6.07) is 4.50. The first-order chi connectivity index (χ1) is 11.2. The first kappa shape index (κ1) is 14.9. The van der Waals surface area contributed by atoms with E-state index in [1.165, 1.54) is 18.6 Å². The second-order valence-corrected chi connectivity index (χ2v) is 5.28. The van der Waals surface area contributed by atoms with Gasteiger partial charge in [0, 0.05) is 19.0 Å². The van der Waals surface area contributed by atoms with Crippen molar-refractivity contribution in [1.29, 1.82) is 5.26 Å². The van der Waals surface area contributed by atoms with Crippen molar-refractivity contribution in [2.75, 3.05) is 5.32 Å². The highest BCUT2D eigenvalue weighted by atomic mass is 16.6. The van der Waals surface area contributed by atoms with E-state index in [2.05, 4.69) is 25.1 Å². The van der Waals surface area contributed by atoms with Crippen LogP contribution in [0.25, 0.3) is 0 Å². The number of aromatic nitrogens is 4. The molecule has 3 rings (SSSR count). The van der Waals surface area contributed by atoms with E-state index in [9.17, 15) is 10.1 Å². The maximum Gasteiger partial charge on any atom is 0.305 e. The molecule has 0 unspecified atom stereocenters. The van der Waals surface area contributed by atoms with E-state index in [0.717, 1.165) is 37.5 Å². The number of anilines is 1. The van der Waals surface area contributed by atoms with E-state index in [4.69, 9.17) is 5.26 Å². The van der Waals surface area contributed by atoms with Crippen LogP contribution in [0.3, 0.4) is 0 Å². The largest absolute Gasteiger partial charge is 0.363 e. The number of pyridine rings is 1. The fraction of sp³-hybridized carbons (Fsp3) is 0.429. The molecule has 0 bridgehead atoms. The van der Waals surface area contributed by atoms with Crippen molar-refractivity contribution in [3.8, 4) is 6.07 Å². The third-order valence-electron chi connectivity index (χ3n) is 3.79. The van der Waals surface area contributed by atoms with Gasteiger partial charge in [-0.1, -0.05) is 6.42 Å². The van der Waals surface area contributed by atoms with Crippen LogP contribution in [0.2, 0.25) is 0 Å². The van der Waals surface area contributed by atoms with Crippen LogP contribution in [0.15, 0.2) is 12.1 Å². The summed E-state index contributed by atoms with van der Waals surface area (Å²) in [6.07, 6.45) is 4.35. The van der Waals surface area contributed by atoms with Crippen LogP contribution in [0.5, 0.6) is 0 Å². The molecule has 2 aromatic rings. The zero-order valence-corrected chi connectivity index (χ0v) is 12.4. The minimum atomic E-state index is -0.617. The van der Waals surface area contributed by atoms with Crippen LogP contribution < -0.4 is 5.32 Å². The third-order valence-corrected chi connectivity index (χ3v) is 3.79. The number of nitro groups is 1. The van der Waals surface area contributed by atoms with E-state index in [1.807, 2.05) is 0 Å². The number of nitrogens with one attached hydrogen (secondary N) is 1. The standard InChI is InChI=1S/C14H15N7O2/c15-8-10-11(21(22)23)5-6-12(17-10)16-9-14-19-18-13-4-2-1-3-7-20(13)14/h5-6H,1-4,7,9H2,(H,16,17). The highest BCUT2D eigenvalue weighted by molar-refractivity contribution is 5.50. The molecule has 0 spiro atoms. The topological polar surface area (TPSA) is 123 Å². The predicted molar refractivity (Wildman–Crippen MR) is 80.5 cm³/mol. The Morgan fingerprint density at radius 3 is 3.00 bits per heavy atom. The first-order valence-electron chi connectivity index (χ1n) is 7.39. The number of hydrogen-bond donors (Lipinski definition) is 1. The van der Waals surface area contributed by atoms with Crippen LogP contribution in [-0.2, 0) is 19.5 Å². The first-order valence-corrected chi connectivity index (χ1v) is 7.39. The molecule has 118 valence electrons. The molecule has 0 saturated heterocycles. The molecule has 9 heteroatoms. The summed E-state index contributed by atoms with van der Waals surface area (Å²) < 4.78 is 2.11. The maximum atomic E-state index is 10.8. The summed E-state index contributed by atoms with van der Waals surface area (Å²) in [6.45, 7) is 1.30. The van der Waals surface area contributed by atoms with Gasteiger partial charge in [0.25, 0.3) is 0 Å². The molecule has 9 nitrogen and oxygen atoms in total. The van der Waals surface area contributed by atoms with Crippen LogP contribution in [-0.4, -0.2) is 24.7 Å². The Kier molecular flexibility index (Phi) is 4.14. The molecule has 1 N–H and O–H groups in total. The van der Waals surface area contributed by atoms with Crippen LogP contribution in [0.4, 0.5) is 11.5 Å². The van der Waals surface area contributed by atoms with E-state index < -0.39 is 4.92 Å². The van der Waals surface area contributed by atoms with Gasteiger partial charge in [0.05, 0.1) is 11.5 Å². The van der Waals surface area contributed by atoms with Gasteiger partial charge in [-0.25, -0.2) is 4.98 Å². The molecule has 1 aliphatic heterocycles. The van der Waals surface area contributed by atoms with Crippen molar-refractivity contribution in [2.45, 2.75) is 38.8 Å². The van der Waals surface area contributed by atoms with Gasteiger partial charge in [-0.05, 0) is 18.9 Å². The minimum absolute atomic E-state index is 0.208. The van der Waals surface area contributed by atoms with Gasteiger partial charge in [-0.3, -0.25) is 10.1 Å². The number of fused-ring (bicyclic) bond motifs is 1. The number of hydrogen-bond acceptors (Lipinski definition) is 7. The second-order valence-electron chi connectivity index (χ2n) is 5.28. The zero-order chi connectivity index (χ0) is 16.2. The quantitative estimate of drug-likeness (QED) is 0.674. The van der Waals surface area contributed by atoms with Gasteiger partial charge in [0.2, 0.25) is 5.69 Å². The summed E-state index contributed by atoms with van der Waals surface area (Å²) in [5, 5.41) is 31.2. The van der Waals surface area contributed by atoms with Crippen molar-refractivity contribution in [2.24, 2.45) is 0 Å². The lowest BCUT2D eigenvalue weighted by Gasteiger charge is -2.08. The van der Waals surface area contributed by atoms with Crippen molar-refractivity contribution < 1.29 is 4.92 Å². The Balaban J connectivity index is 1.75. The third kappa shape index (κ3) is 3.11. The van der Waals surface area contributed by atoms with Gasteiger partial charge >= 0.3 is 5.69 Å². The van der Waals surface area contributed by atoms with Gasteiger partial charge in [-0.2, -0.15) is 5.26 Å². The van der Waals surface area contributed by atoms with Crippen LogP contribution >= 0.6 is 0 Å². The molecule has 0 radical (unpaired) electrons. The molecular weight excluding hydrogens is 298 g/mol. The maximum absolute atomic E-state index is 10.8. The summed E-state index contributed by atoms with van der Waals surface area (Å²) in [7, 11) is 0. The van der Waals surface area contributed by atoms with E-state index in [1.54, 1.807) is 6.07 Å². The molecule has 1 aliphatic rings. The van der Waals surface area contributed by atoms with Crippen molar-refractivity contribution in [3.63, 3.8) is 0 Å². The lowest BCUT2D eigenvalue weighted by atomic mass is 10.2. The molecule has 23 heavy (non-hydrogen) atoms. The molecule has 0 aliphatic carbocycles. The molecule has 0 atom stereocenters. The fourth-order valence-electron chi connectivity index (χ4n) is 2.63. The average Bonchev–Trinajstić information content (AvgIpc) is 2.78. The molecule has 0 fully saturated rings. The van der Waals surface area contributed by atoms with E-state index >= 15 is 0 Å². The minimum Gasteiger partial charge on any atom is -0.363 e. The summed E-state index contributed by atoms with van der Waals surface area (Å²) in [5.41, 5.74) is -0.505. The predicted octanol–water partition coefficient (Wildman–Crippen LogP) is 1.79. The SMILES string of the molecule is N#Cc1nc(NCc2nnc3n2CCCCC3)ccc1[N+](=O)[O-]. The number of nitriles is 1. The van der Waals surface area contributed by atoms with Gasteiger partial charge < -0.3 is 9.88 Å². The van der Waals surface area contributed by atoms with Crippen molar-refractivity contribution in [3.05, 3.63) is 39.6 Å². The Morgan fingerprint density at radius 1 is 1.35 bits per heavy atom. The van der Waals surface area contributed by atoms with E-state index in [-0.39, 0.29) is 11.4 Å². The molecular formula is C14H15N7O2. The van der Waals surface area contributed by atoms with Crippen molar-refractivity contribution in [1.82, 2.24) is 19.7 Å². The lowest BCUT2D eigenvalue weighted by Crippen LogP contribution is -2.11. The van der Waals surface area contributed by atoms with Gasteiger partial charge in [0.15, 0.2) is 5.82 Å². The molecule has 2 aromatic heterocycles.